The summed E-state index contributed by atoms with van der Waals surface area (Å²) in [7, 11) is 2.01. The van der Waals surface area contributed by atoms with Gasteiger partial charge in [0.15, 0.2) is 0 Å². The molecular formula is C19H20N4O4. The molecule has 27 heavy (non-hydrogen) atoms. The highest BCUT2D eigenvalue weighted by Gasteiger charge is 2.22. The molecule has 1 aliphatic heterocycles. The van der Waals surface area contributed by atoms with Crippen molar-refractivity contribution in [3.05, 3.63) is 69.8 Å². The quantitative estimate of drug-likeness (QED) is 0.659. The second-order valence-electron chi connectivity index (χ2n) is 6.40. The Balaban J connectivity index is 1.75. The molecule has 0 aromatic heterocycles. The summed E-state index contributed by atoms with van der Waals surface area (Å²) >= 11 is 0. The Morgan fingerprint density at radius 2 is 1.74 bits per heavy atom. The highest BCUT2D eigenvalue weighted by molar-refractivity contribution is 6.07. The van der Waals surface area contributed by atoms with Gasteiger partial charge in [-0.05, 0) is 31.3 Å². The van der Waals surface area contributed by atoms with Crippen LogP contribution in [-0.4, -0.2) is 59.8 Å². The van der Waals surface area contributed by atoms with Gasteiger partial charge in [-0.3, -0.25) is 19.7 Å². The average molecular weight is 368 g/mol. The van der Waals surface area contributed by atoms with Crippen molar-refractivity contribution in [2.45, 2.75) is 0 Å². The van der Waals surface area contributed by atoms with Gasteiger partial charge in [-0.2, -0.15) is 0 Å². The fourth-order valence-corrected chi connectivity index (χ4v) is 2.95. The summed E-state index contributed by atoms with van der Waals surface area (Å²) in [5.74, 6) is -0.684. The number of para-hydroxylation sites is 1. The van der Waals surface area contributed by atoms with Gasteiger partial charge in [0.05, 0.1) is 4.92 Å². The highest BCUT2D eigenvalue weighted by Crippen LogP contribution is 2.20. The van der Waals surface area contributed by atoms with Gasteiger partial charge in [-0.1, -0.05) is 18.2 Å². The molecule has 2 aromatic carbocycles. The van der Waals surface area contributed by atoms with Crippen LogP contribution < -0.4 is 5.32 Å². The maximum atomic E-state index is 12.7. The Labute approximate surface area is 156 Å². The van der Waals surface area contributed by atoms with E-state index >= 15 is 0 Å². The van der Waals surface area contributed by atoms with Crippen molar-refractivity contribution in [1.82, 2.24) is 9.80 Å². The lowest BCUT2D eigenvalue weighted by atomic mass is 10.1. The minimum Gasteiger partial charge on any atom is -0.336 e. The molecule has 140 valence electrons. The standard InChI is InChI=1S/C19H20N4O4/c1-21-9-11-22(12-10-21)19(25)14-5-4-6-15(13-14)20-18(24)16-7-2-3-8-17(16)23(26)27/h2-8,13H,9-12H2,1H3,(H,20,24). The van der Waals surface area contributed by atoms with Crippen molar-refractivity contribution in [3.63, 3.8) is 0 Å². The number of benzene rings is 2. The van der Waals surface area contributed by atoms with E-state index in [1.54, 1.807) is 35.2 Å². The number of hydrogen-bond donors (Lipinski definition) is 1. The predicted molar refractivity (Wildman–Crippen MR) is 101 cm³/mol. The molecule has 0 radical (unpaired) electrons. The van der Waals surface area contributed by atoms with E-state index < -0.39 is 10.8 Å². The molecule has 1 fully saturated rings. The molecule has 0 aliphatic carbocycles. The first-order valence-electron chi connectivity index (χ1n) is 8.58. The molecule has 1 heterocycles. The molecule has 3 rings (SSSR count). The molecule has 0 spiro atoms. The maximum absolute atomic E-state index is 12.7. The van der Waals surface area contributed by atoms with Crippen molar-refractivity contribution < 1.29 is 14.5 Å². The van der Waals surface area contributed by atoms with Crippen LogP contribution in [0.5, 0.6) is 0 Å². The largest absolute Gasteiger partial charge is 0.336 e. The monoisotopic (exact) mass is 368 g/mol. The van der Waals surface area contributed by atoms with Gasteiger partial charge in [-0.25, -0.2) is 0 Å². The summed E-state index contributed by atoms with van der Waals surface area (Å²) in [5.41, 5.74) is 0.594. The van der Waals surface area contributed by atoms with Gasteiger partial charge in [-0.15, -0.1) is 0 Å². The molecule has 0 saturated carbocycles. The SMILES string of the molecule is CN1CCN(C(=O)c2cccc(NC(=O)c3ccccc3[N+](=O)[O-])c2)CC1. The van der Waals surface area contributed by atoms with E-state index in [1.807, 2.05) is 7.05 Å². The summed E-state index contributed by atoms with van der Waals surface area (Å²) in [5, 5.41) is 13.7. The first kappa shape index (κ1) is 18.5. The Kier molecular flexibility index (Phi) is 5.46. The van der Waals surface area contributed by atoms with Crippen molar-refractivity contribution in [2.75, 3.05) is 38.5 Å². The third kappa shape index (κ3) is 4.29. The normalized spacial score (nSPS) is 14.6. The van der Waals surface area contributed by atoms with Crippen LogP contribution in [0, 0.1) is 10.1 Å². The van der Waals surface area contributed by atoms with E-state index in [0.717, 1.165) is 13.1 Å². The summed E-state index contributed by atoms with van der Waals surface area (Å²) < 4.78 is 0. The first-order chi connectivity index (χ1) is 13.0. The molecule has 8 nitrogen and oxygen atoms in total. The minimum absolute atomic E-state index is 0.0294. The molecule has 0 unspecified atom stereocenters. The van der Waals surface area contributed by atoms with Gasteiger partial charge in [0.2, 0.25) is 0 Å². The fourth-order valence-electron chi connectivity index (χ4n) is 2.95. The lowest BCUT2D eigenvalue weighted by Gasteiger charge is -2.32. The summed E-state index contributed by atoms with van der Waals surface area (Å²) in [4.78, 5) is 39.5. The van der Waals surface area contributed by atoms with Crippen LogP contribution in [0.1, 0.15) is 20.7 Å². The number of likely N-dealkylation sites (N-methyl/N-ethyl adjacent to an activating group) is 1. The molecule has 1 aliphatic rings. The van der Waals surface area contributed by atoms with E-state index in [-0.39, 0.29) is 17.2 Å². The average Bonchev–Trinajstić information content (AvgIpc) is 2.68. The van der Waals surface area contributed by atoms with E-state index in [2.05, 4.69) is 10.2 Å². The van der Waals surface area contributed by atoms with Crippen LogP contribution in [-0.2, 0) is 0 Å². The topological polar surface area (TPSA) is 95.8 Å². The molecule has 0 atom stereocenters. The minimum atomic E-state index is -0.595. The first-order valence-corrected chi connectivity index (χ1v) is 8.58. The number of hydrogen-bond acceptors (Lipinski definition) is 5. The van der Waals surface area contributed by atoms with Crippen molar-refractivity contribution in [3.8, 4) is 0 Å². The number of carbonyl (C=O) groups is 2. The van der Waals surface area contributed by atoms with E-state index in [4.69, 9.17) is 0 Å². The zero-order valence-corrected chi connectivity index (χ0v) is 14.9. The van der Waals surface area contributed by atoms with Crippen molar-refractivity contribution in [2.24, 2.45) is 0 Å². The number of amides is 2. The molecule has 0 bridgehead atoms. The van der Waals surface area contributed by atoms with E-state index in [9.17, 15) is 19.7 Å². The Bertz CT molecular complexity index is 876. The summed E-state index contributed by atoms with van der Waals surface area (Å²) in [6.07, 6.45) is 0. The van der Waals surface area contributed by atoms with Gasteiger partial charge in [0.1, 0.15) is 5.56 Å². The van der Waals surface area contributed by atoms with Crippen LogP contribution in [0.25, 0.3) is 0 Å². The molecule has 1 saturated heterocycles. The second kappa shape index (κ2) is 7.96. The molecular weight excluding hydrogens is 348 g/mol. The zero-order chi connectivity index (χ0) is 19.4. The number of carbonyl (C=O) groups excluding carboxylic acids is 2. The maximum Gasteiger partial charge on any atom is 0.282 e. The van der Waals surface area contributed by atoms with E-state index in [0.29, 0.717) is 24.3 Å². The lowest BCUT2D eigenvalue weighted by Crippen LogP contribution is -2.47. The third-order valence-electron chi connectivity index (χ3n) is 4.50. The van der Waals surface area contributed by atoms with Crippen LogP contribution in [0.15, 0.2) is 48.5 Å². The summed E-state index contributed by atoms with van der Waals surface area (Å²) in [6, 6.07) is 12.4. The number of rotatable bonds is 4. The summed E-state index contributed by atoms with van der Waals surface area (Å²) in [6.45, 7) is 2.95. The third-order valence-corrected chi connectivity index (χ3v) is 4.50. The Hall–Kier alpha value is -3.26. The van der Waals surface area contributed by atoms with Crippen molar-refractivity contribution >= 4 is 23.2 Å². The zero-order valence-electron chi connectivity index (χ0n) is 14.9. The Morgan fingerprint density at radius 3 is 2.44 bits per heavy atom. The number of nitro benzene ring substituents is 1. The highest BCUT2D eigenvalue weighted by atomic mass is 16.6. The van der Waals surface area contributed by atoms with Gasteiger partial charge >= 0.3 is 0 Å². The molecule has 2 aromatic rings. The molecule has 1 N–H and O–H groups in total. The van der Waals surface area contributed by atoms with Gasteiger partial charge < -0.3 is 15.1 Å². The van der Waals surface area contributed by atoms with Crippen LogP contribution in [0.4, 0.5) is 11.4 Å². The van der Waals surface area contributed by atoms with Crippen LogP contribution in [0.3, 0.4) is 0 Å². The van der Waals surface area contributed by atoms with Gasteiger partial charge in [0.25, 0.3) is 17.5 Å². The smallest absolute Gasteiger partial charge is 0.282 e. The van der Waals surface area contributed by atoms with Crippen LogP contribution >= 0.6 is 0 Å². The van der Waals surface area contributed by atoms with Gasteiger partial charge in [0, 0.05) is 43.5 Å². The number of anilines is 1. The van der Waals surface area contributed by atoms with E-state index in [1.165, 1.54) is 18.2 Å². The fraction of sp³-hybridized carbons (Fsp3) is 0.263. The number of nitro groups is 1. The number of piperazine rings is 1. The predicted octanol–water partition coefficient (Wildman–Crippen LogP) is 2.23. The lowest BCUT2D eigenvalue weighted by molar-refractivity contribution is -0.385. The number of nitrogens with zero attached hydrogens (tertiary/aromatic N) is 3. The molecule has 8 heteroatoms. The number of nitrogens with one attached hydrogen (secondary N) is 1. The molecule has 2 amide bonds. The van der Waals surface area contributed by atoms with Crippen LogP contribution in [0.2, 0.25) is 0 Å². The van der Waals surface area contributed by atoms with Crippen molar-refractivity contribution in [1.29, 1.82) is 0 Å². The Morgan fingerprint density at radius 1 is 1.04 bits per heavy atom. The second-order valence-corrected chi connectivity index (χ2v) is 6.40.